The van der Waals surface area contributed by atoms with Crippen LogP contribution in [0.2, 0.25) is 0 Å². The number of piperazine rings is 1. The van der Waals surface area contributed by atoms with Gasteiger partial charge < -0.3 is 4.74 Å². The van der Waals surface area contributed by atoms with Crippen molar-refractivity contribution in [3.63, 3.8) is 0 Å². The van der Waals surface area contributed by atoms with Crippen LogP contribution in [0.5, 0.6) is 5.75 Å². The summed E-state index contributed by atoms with van der Waals surface area (Å²) < 4.78 is 5.70. The van der Waals surface area contributed by atoms with Crippen LogP contribution in [0.15, 0.2) is 53.3 Å². The van der Waals surface area contributed by atoms with Crippen LogP contribution in [0, 0.1) is 0 Å². The minimum absolute atomic E-state index is 0.271. The lowest BCUT2D eigenvalue weighted by Crippen LogP contribution is -2.54. The summed E-state index contributed by atoms with van der Waals surface area (Å²) >= 11 is 0. The maximum atomic E-state index is 12.1. The molecule has 2 amide bonds. The molecule has 1 atom stereocenters. The second kappa shape index (κ2) is 10.0. The largest absolute Gasteiger partial charge is 0.490 e. The minimum Gasteiger partial charge on any atom is -0.490 e. The van der Waals surface area contributed by atoms with Crippen LogP contribution in [0.25, 0.3) is 6.08 Å². The molecule has 156 valence electrons. The van der Waals surface area contributed by atoms with Gasteiger partial charge >= 0.3 is 0 Å². The van der Waals surface area contributed by atoms with E-state index in [9.17, 15) is 20.0 Å². The number of hydrogen-bond donors (Lipinski definition) is 2. The normalized spacial score (nSPS) is 19.0. The van der Waals surface area contributed by atoms with Crippen molar-refractivity contribution in [2.45, 2.75) is 46.6 Å². The fourth-order valence-electron chi connectivity index (χ4n) is 2.70. The van der Waals surface area contributed by atoms with Crippen LogP contribution in [0.3, 0.4) is 0 Å². The summed E-state index contributed by atoms with van der Waals surface area (Å²) in [7, 11) is 0. The Bertz CT molecular complexity index is 835. The molecule has 1 aliphatic rings. The second-order valence-corrected chi connectivity index (χ2v) is 7.26. The van der Waals surface area contributed by atoms with Crippen molar-refractivity contribution in [1.29, 1.82) is 0 Å². The van der Waals surface area contributed by atoms with E-state index in [0.717, 1.165) is 12.8 Å². The SMILES string of the molecule is CC(C)=CCCC(C)=CCOc1ccc(C=C2C(=O)N(O)C(C)C(=O)N2O)cc1. The van der Waals surface area contributed by atoms with Gasteiger partial charge in [0.2, 0.25) is 0 Å². The average Bonchev–Trinajstić information content (AvgIpc) is 2.69. The van der Waals surface area contributed by atoms with Gasteiger partial charge in [-0.05, 0) is 70.4 Å². The first-order chi connectivity index (χ1) is 13.7. The number of ether oxygens (including phenoxy) is 1. The fourth-order valence-corrected chi connectivity index (χ4v) is 2.70. The molecule has 0 bridgehead atoms. The van der Waals surface area contributed by atoms with Crippen LogP contribution in [-0.4, -0.2) is 45.0 Å². The molecular formula is C22H28N2O5. The first kappa shape index (κ1) is 22.4. The summed E-state index contributed by atoms with van der Waals surface area (Å²) in [6.07, 6.45) is 7.58. The van der Waals surface area contributed by atoms with Crippen molar-refractivity contribution in [1.82, 2.24) is 10.1 Å². The van der Waals surface area contributed by atoms with Crippen molar-refractivity contribution in [3.8, 4) is 5.75 Å². The van der Waals surface area contributed by atoms with E-state index < -0.39 is 17.9 Å². The van der Waals surface area contributed by atoms with Gasteiger partial charge in [-0.25, -0.2) is 5.06 Å². The Balaban J connectivity index is 1.98. The number of allylic oxidation sites excluding steroid dienone is 3. The third kappa shape index (κ3) is 6.04. The van der Waals surface area contributed by atoms with E-state index >= 15 is 0 Å². The monoisotopic (exact) mass is 400 g/mol. The zero-order valence-corrected chi connectivity index (χ0v) is 17.3. The standard InChI is InChI=1S/C22H28N2O5/c1-15(2)6-5-7-16(3)12-13-29-19-10-8-18(9-11-19)14-20-22(26)23(27)17(4)21(25)24(20)28/h6,8-12,14,17,27-28H,5,7,13H2,1-4H3. The summed E-state index contributed by atoms with van der Waals surface area (Å²) in [5.74, 6) is -0.983. The highest BCUT2D eigenvalue weighted by Gasteiger charge is 2.39. The van der Waals surface area contributed by atoms with Gasteiger partial charge in [0.25, 0.3) is 11.8 Å². The van der Waals surface area contributed by atoms with Crippen molar-refractivity contribution in [3.05, 3.63) is 58.8 Å². The zero-order valence-electron chi connectivity index (χ0n) is 17.3. The molecule has 1 saturated heterocycles. The molecule has 7 nitrogen and oxygen atoms in total. The van der Waals surface area contributed by atoms with Crippen molar-refractivity contribution in [2.24, 2.45) is 0 Å². The number of nitrogens with zero attached hydrogens (tertiary/aromatic N) is 2. The molecule has 1 fully saturated rings. The number of amides is 2. The van der Waals surface area contributed by atoms with E-state index in [0.29, 0.717) is 23.0 Å². The second-order valence-electron chi connectivity index (χ2n) is 7.26. The molecular weight excluding hydrogens is 372 g/mol. The Kier molecular flexibility index (Phi) is 7.75. The minimum atomic E-state index is -1.14. The summed E-state index contributed by atoms with van der Waals surface area (Å²) in [4.78, 5) is 24.0. The third-order valence-electron chi connectivity index (χ3n) is 4.54. The highest BCUT2D eigenvalue weighted by molar-refractivity contribution is 6.05. The van der Waals surface area contributed by atoms with Crippen molar-refractivity contribution >= 4 is 17.9 Å². The molecule has 1 aromatic rings. The number of hydroxylamine groups is 4. The molecule has 0 aliphatic carbocycles. The molecule has 1 heterocycles. The molecule has 0 saturated carbocycles. The molecule has 1 aromatic carbocycles. The molecule has 1 unspecified atom stereocenters. The van der Waals surface area contributed by atoms with Gasteiger partial charge in [0.1, 0.15) is 24.1 Å². The molecule has 29 heavy (non-hydrogen) atoms. The first-order valence-corrected chi connectivity index (χ1v) is 9.49. The summed E-state index contributed by atoms with van der Waals surface area (Å²) in [6.45, 7) is 8.02. The van der Waals surface area contributed by atoms with Gasteiger partial charge in [-0.15, -0.1) is 0 Å². The average molecular weight is 400 g/mol. The third-order valence-corrected chi connectivity index (χ3v) is 4.54. The number of hydrogen-bond acceptors (Lipinski definition) is 5. The van der Waals surface area contributed by atoms with Crippen LogP contribution in [0.4, 0.5) is 0 Å². The molecule has 0 aromatic heterocycles. The number of carbonyl (C=O) groups excluding carboxylic acids is 2. The highest BCUT2D eigenvalue weighted by atomic mass is 16.5. The Morgan fingerprint density at radius 1 is 1.10 bits per heavy atom. The molecule has 7 heteroatoms. The number of benzene rings is 1. The van der Waals surface area contributed by atoms with Gasteiger partial charge in [0.05, 0.1) is 0 Å². The Morgan fingerprint density at radius 3 is 2.38 bits per heavy atom. The maximum Gasteiger partial charge on any atom is 0.297 e. The Morgan fingerprint density at radius 2 is 1.76 bits per heavy atom. The maximum absolute atomic E-state index is 12.1. The summed E-state index contributed by atoms with van der Waals surface area (Å²) in [5, 5.41) is 20.2. The topological polar surface area (TPSA) is 90.3 Å². The lowest BCUT2D eigenvalue weighted by atomic mass is 10.1. The summed E-state index contributed by atoms with van der Waals surface area (Å²) in [6, 6.07) is 5.71. The van der Waals surface area contributed by atoms with E-state index in [1.165, 1.54) is 24.1 Å². The van der Waals surface area contributed by atoms with Crippen molar-refractivity contribution < 1.29 is 24.7 Å². The molecule has 1 aliphatic heterocycles. The molecule has 0 spiro atoms. The smallest absolute Gasteiger partial charge is 0.297 e. The van der Waals surface area contributed by atoms with Crippen molar-refractivity contribution in [2.75, 3.05) is 6.61 Å². The first-order valence-electron chi connectivity index (χ1n) is 9.49. The zero-order chi connectivity index (χ0) is 21.6. The quantitative estimate of drug-likeness (QED) is 0.411. The van der Waals surface area contributed by atoms with E-state index in [1.54, 1.807) is 24.3 Å². The van der Waals surface area contributed by atoms with E-state index in [2.05, 4.69) is 26.8 Å². The van der Waals surface area contributed by atoms with E-state index in [4.69, 9.17) is 4.74 Å². The van der Waals surface area contributed by atoms with Gasteiger partial charge in [-0.1, -0.05) is 29.4 Å². The van der Waals surface area contributed by atoms with Crippen LogP contribution in [0.1, 0.15) is 46.1 Å². The summed E-state index contributed by atoms with van der Waals surface area (Å²) in [5.41, 5.74) is 2.83. The Labute approximate surface area is 171 Å². The Hall–Kier alpha value is -2.90. The number of carbonyl (C=O) groups is 2. The van der Waals surface area contributed by atoms with Crippen LogP contribution >= 0.6 is 0 Å². The predicted octanol–water partition coefficient (Wildman–Crippen LogP) is 3.94. The lowest BCUT2D eigenvalue weighted by molar-refractivity contribution is -0.205. The molecule has 2 N–H and O–H groups in total. The van der Waals surface area contributed by atoms with Crippen LogP contribution < -0.4 is 4.74 Å². The van der Waals surface area contributed by atoms with E-state index in [-0.39, 0.29) is 10.8 Å². The van der Waals surface area contributed by atoms with Crippen LogP contribution in [-0.2, 0) is 9.59 Å². The van der Waals surface area contributed by atoms with Gasteiger partial charge in [0, 0.05) is 0 Å². The predicted molar refractivity (Wildman–Crippen MR) is 109 cm³/mol. The fraction of sp³-hybridized carbons (Fsp3) is 0.364. The van der Waals surface area contributed by atoms with Gasteiger partial charge in [-0.3, -0.25) is 20.0 Å². The highest BCUT2D eigenvalue weighted by Crippen LogP contribution is 2.21. The van der Waals surface area contributed by atoms with Gasteiger partial charge in [0.15, 0.2) is 0 Å². The molecule has 2 rings (SSSR count). The van der Waals surface area contributed by atoms with Gasteiger partial charge in [-0.2, -0.15) is 5.06 Å². The number of rotatable bonds is 7. The molecule has 0 radical (unpaired) electrons. The lowest BCUT2D eigenvalue weighted by Gasteiger charge is -2.32. The van der Waals surface area contributed by atoms with E-state index in [1.807, 2.05) is 6.08 Å².